The summed E-state index contributed by atoms with van der Waals surface area (Å²) in [6.45, 7) is 7.97. The van der Waals surface area contributed by atoms with Crippen molar-refractivity contribution in [2.24, 2.45) is 16.7 Å². The van der Waals surface area contributed by atoms with Gasteiger partial charge in [-0.3, -0.25) is 19.2 Å². The third kappa shape index (κ3) is 8.44. The summed E-state index contributed by atoms with van der Waals surface area (Å²) in [6, 6.07) is 22.9. The van der Waals surface area contributed by atoms with Crippen LogP contribution >= 0.6 is 12.4 Å². The van der Waals surface area contributed by atoms with E-state index in [1.807, 2.05) is 0 Å². The summed E-state index contributed by atoms with van der Waals surface area (Å²) in [6.07, 6.45) is -10.5. The van der Waals surface area contributed by atoms with Crippen LogP contribution in [-0.2, 0) is 62.3 Å². The van der Waals surface area contributed by atoms with Gasteiger partial charge in [0, 0.05) is 57.1 Å². The number of rotatable bonds is 10. The Morgan fingerprint density at radius 3 is 1.92 bits per heavy atom. The van der Waals surface area contributed by atoms with Crippen LogP contribution in [0.4, 0.5) is 0 Å². The second kappa shape index (κ2) is 18.9. The van der Waals surface area contributed by atoms with Gasteiger partial charge in [-0.15, -0.1) is 12.4 Å². The second-order valence-electron chi connectivity index (χ2n) is 17.4. The number of halogens is 1. The van der Waals surface area contributed by atoms with Crippen LogP contribution in [0.2, 0.25) is 0 Å². The Morgan fingerprint density at radius 2 is 1.39 bits per heavy atom. The second-order valence-corrected chi connectivity index (χ2v) is 17.4. The number of hydrogen-bond acceptors (Lipinski definition) is 14. The largest absolute Gasteiger partial charge is 0.456 e. The number of benzene rings is 3. The van der Waals surface area contributed by atoms with Crippen LogP contribution in [0.25, 0.3) is 0 Å². The fraction of sp³-hybridized carbons (Fsp3) is 0.447. The molecule has 0 aromatic heterocycles. The van der Waals surface area contributed by atoms with Gasteiger partial charge in [-0.1, -0.05) is 80.6 Å². The van der Waals surface area contributed by atoms with Crippen LogP contribution in [0, 0.1) is 16.7 Å². The summed E-state index contributed by atoms with van der Waals surface area (Å²) in [5.74, 6) is -6.84. The van der Waals surface area contributed by atoms with Crippen molar-refractivity contribution in [3.05, 3.63) is 119 Å². The molecule has 3 aromatic rings. The average molecular weight is 956 g/mol. The fourth-order valence-electron chi connectivity index (χ4n) is 10.2. The normalized spacial score (nSPS) is 30.9. The molecule has 2 bridgehead atoms. The first-order valence-electron chi connectivity index (χ1n) is 20.5. The summed E-state index contributed by atoms with van der Waals surface area (Å²) in [5.41, 5.74) is -7.02. The monoisotopic (exact) mass is 953 g/mol. The van der Waals surface area contributed by atoms with E-state index in [9.17, 15) is 39.3 Å². The number of ether oxygens (including phenoxy) is 5. The van der Waals surface area contributed by atoms with E-state index in [0.717, 1.165) is 13.8 Å². The van der Waals surface area contributed by atoms with Crippen molar-refractivity contribution in [2.45, 2.75) is 108 Å². The van der Waals surface area contributed by atoms with Gasteiger partial charge in [0.05, 0.1) is 35.6 Å². The zero-order valence-corrected chi connectivity index (χ0v) is 40.1. The Bertz CT molecular complexity index is 2300. The number of carbonyl (C=O) groups excluding carboxylic acids is 6. The molecule has 0 radical (unpaired) electrons. The number of fused-ring (bicyclic) bond motifs is 5. The molecule has 15 nitrogen and oxygen atoms in total. The average Bonchev–Trinajstić information content (AvgIpc) is 3.24. The smallest absolute Gasteiger partial charge is 0.338 e. The van der Waals surface area contributed by atoms with Crippen molar-refractivity contribution < 1.29 is 87.2 Å². The zero-order chi connectivity index (χ0) is 44.9. The first-order chi connectivity index (χ1) is 29.3. The van der Waals surface area contributed by atoms with E-state index >= 15 is 4.79 Å². The van der Waals surface area contributed by atoms with Crippen LogP contribution < -0.4 is 5.32 Å². The first kappa shape index (κ1) is 50.2. The number of nitrogens with one attached hydrogen (secondary N) is 1. The number of aliphatic hydroxyl groups excluding tert-OH is 2. The molecule has 0 spiro atoms. The number of amides is 1. The molecular formula is C47H52ClNO14Zn. The molecule has 338 valence electrons. The minimum atomic E-state index is -2.39. The molecule has 3 aromatic carbocycles. The maximum absolute atomic E-state index is 15.5. The minimum absolute atomic E-state index is 0. The van der Waals surface area contributed by atoms with Crippen molar-refractivity contribution in [3.63, 3.8) is 0 Å². The first-order valence-corrected chi connectivity index (χ1v) is 20.5. The molecule has 4 aliphatic rings. The minimum Gasteiger partial charge on any atom is -0.456 e. The maximum Gasteiger partial charge on any atom is 0.338 e. The van der Waals surface area contributed by atoms with Gasteiger partial charge in [0.15, 0.2) is 23.6 Å². The number of aliphatic hydroxyl groups is 3. The number of hydrogen-bond donors (Lipinski definition) is 4. The van der Waals surface area contributed by atoms with E-state index in [1.54, 1.807) is 92.7 Å². The third-order valence-electron chi connectivity index (χ3n) is 13.5. The van der Waals surface area contributed by atoms with E-state index in [4.69, 9.17) is 23.7 Å². The van der Waals surface area contributed by atoms with Crippen LogP contribution in [0.1, 0.15) is 86.7 Å². The summed E-state index contributed by atoms with van der Waals surface area (Å²) in [7, 11) is 0. The number of esters is 4. The predicted octanol–water partition coefficient (Wildman–Crippen LogP) is 4.16. The summed E-state index contributed by atoms with van der Waals surface area (Å²) in [5, 5.41) is 40.2. The quantitative estimate of drug-likeness (QED) is 0.0971. The third-order valence-corrected chi connectivity index (χ3v) is 13.5. The molecule has 0 unspecified atom stereocenters. The molecule has 3 aliphatic carbocycles. The van der Waals surface area contributed by atoms with Crippen LogP contribution in [-0.4, -0.2) is 105 Å². The van der Waals surface area contributed by atoms with Crippen molar-refractivity contribution in [1.82, 2.24) is 5.32 Å². The van der Waals surface area contributed by atoms with E-state index in [2.05, 4.69) is 5.32 Å². The molecule has 3 fully saturated rings. The fourth-order valence-corrected chi connectivity index (χ4v) is 10.2. The van der Waals surface area contributed by atoms with Gasteiger partial charge in [-0.2, -0.15) is 0 Å². The Kier molecular flexibility index (Phi) is 14.9. The van der Waals surface area contributed by atoms with Crippen LogP contribution in [0.3, 0.4) is 0 Å². The van der Waals surface area contributed by atoms with Crippen LogP contribution in [0.5, 0.6) is 0 Å². The van der Waals surface area contributed by atoms with Gasteiger partial charge in [0.25, 0.3) is 5.91 Å². The molecule has 1 aliphatic heterocycles. The Balaban J connectivity index is 0.00000385. The van der Waals surface area contributed by atoms with Gasteiger partial charge < -0.3 is 44.3 Å². The SMILES string of the molecule is CC(=O)O[C@H]1C(=O)[C@@]2(C)[C@H]([C@H](OC(=O)c3ccccc3)[C@]3(O)C[C@H](OC(=O)[C@H](O)[C@@H](NC(=O)c4ccccc4)c4ccccc4)C(C)=C1C3(C)C)[C@]1(OC(C)=O)CO[C@@H]1C[C@@H]2O.Cl.[Zn]. The van der Waals surface area contributed by atoms with Gasteiger partial charge in [-0.25, -0.2) is 9.59 Å². The molecule has 64 heavy (non-hydrogen) atoms. The maximum atomic E-state index is 15.5. The number of ketones is 1. The van der Waals surface area contributed by atoms with E-state index in [0.29, 0.717) is 5.56 Å². The van der Waals surface area contributed by atoms with Gasteiger partial charge in [0.1, 0.15) is 23.9 Å². The molecule has 1 saturated heterocycles. The molecule has 2 saturated carbocycles. The standard InChI is InChI=1S/C47H51NO14.ClH.Zn/c1-25-31(60-43(56)36(52)35(28-16-10-7-11-17-28)48-41(54)29-18-12-8-13-19-29)23-47(57)40(61-42(55)30-20-14-9-15-21-30)38-45(6,32(51)22-33-46(38,24-58-33)62-27(3)50)39(53)37(59-26(2)49)34(25)44(47,4)5;;/h7-21,31-33,35-38,40,51-52,57H,22-24H2,1-6H3,(H,48,54);1H;/t31-,32-,33+,35-,36+,37+,38-,40-,45+,46-,47+;;/m0../s1. The topological polar surface area (TPSA) is 221 Å². The van der Waals surface area contributed by atoms with E-state index in [1.165, 1.54) is 26.0 Å². The molecule has 1 amide bonds. The molecule has 17 heteroatoms. The summed E-state index contributed by atoms with van der Waals surface area (Å²) < 4.78 is 30.3. The number of Topliss-reactive ketones (excluding diaryl/α,β-unsaturated/α-hetero) is 1. The van der Waals surface area contributed by atoms with Crippen molar-refractivity contribution in [2.75, 3.05) is 6.61 Å². The zero-order valence-electron chi connectivity index (χ0n) is 36.3. The number of carbonyl (C=O) groups is 6. The van der Waals surface area contributed by atoms with Crippen LogP contribution in [0.15, 0.2) is 102 Å². The molecule has 4 N–H and O–H groups in total. The molecule has 1 heterocycles. The van der Waals surface area contributed by atoms with E-state index in [-0.39, 0.29) is 67.2 Å². The summed E-state index contributed by atoms with van der Waals surface area (Å²) in [4.78, 5) is 83.5. The van der Waals surface area contributed by atoms with Gasteiger partial charge >= 0.3 is 23.9 Å². The summed E-state index contributed by atoms with van der Waals surface area (Å²) >= 11 is 0. The molecule has 11 atom stereocenters. The van der Waals surface area contributed by atoms with Crippen molar-refractivity contribution in [3.8, 4) is 0 Å². The van der Waals surface area contributed by atoms with Gasteiger partial charge in [-0.05, 0) is 54.8 Å². The Morgan fingerprint density at radius 1 is 0.828 bits per heavy atom. The van der Waals surface area contributed by atoms with Crippen molar-refractivity contribution >= 4 is 48.0 Å². The Labute approximate surface area is 389 Å². The molecule has 7 rings (SSSR count). The molecular weight excluding hydrogens is 903 g/mol. The van der Waals surface area contributed by atoms with E-state index < -0.39 is 113 Å². The van der Waals surface area contributed by atoms with Crippen molar-refractivity contribution in [1.29, 1.82) is 0 Å². The predicted molar refractivity (Wildman–Crippen MR) is 225 cm³/mol. The van der Waals surface area contributed by atoms with Gasteiger partial charge in [0.2, 0.25) is 0 Å². The Hall–Kier alpha value is -4.83.